The maximum Gasteiger partial charge on any atom is 0.306 e. The molecule has 0 aromatic carbocycles. The van der Waals surface area contributed by atoms with Gasteiger partial charge in [-0.25, -0.2) is 0 Å². The third kappa shape index (κ3) is 45.6. The van der Waals surface area contributed by atoms with E-state index >= 15 is 0 Å². The van der Waals surface area contributed by atoms with Crippen LogP contribution in [0.1, 0.15) is 290 Å². The maximum atomic E-state index is 12.7. The molecule has 0 aliphatic heterocycles. The highest BCUT2D eigenvalue weighted by Crippen LogP contribution is 2.16. The van der Waals surface area contributed by atoms with Crippen molar-refractivity contribution in [2.45, 2.75) is 297 Å². The second kappa shape index (κ2) is 48.3. The normalized spacial score (nSPS) is 12.0. The number of carbonyl (C=O) groups is 2. The van der Waals surface area contributed by atoms with E-state index in [0.29, 0.717) is 26.1 Å². The van der Waals surface area contributed by atoms with Crippen molar-refractivity contribution in [3.63, 3.8) is 0 Å². The summed E-state index contributed by atoms with van der Waals surface area (Å²) in [6, 6.07) is 0. The van der Waals surface area contributed by atoms with E-state index in [1.165, 1.54) is 225 Å². The second-order valence-electron chi connectivity index (χ2n) is 17.5. The highest BCUT2D eigenvalue weighted by molar-refractivity contribution is 5.70. The highest BCUT2D eigenvalue weighted by atomic mass is 16.6. The Morgan fingerprint density at radius 3 is 0.911 bits per heavy atom. The quantitative estimate of drug-likeness (QED) is 0.0454. The molecule has 0 fully saturated rings. The van der Waals surface area contributed by atoms with Gasteiger partial charge in [0, 0.05) is 19.4 Å². The van der Waals surface area contributed by atoms with E-state index < -0.39 is 6.10 Å². The Morgan fingerprint density at radius 1 is 0.321 bits per heavy atom. The topological polar surface area (TPSA) is 61.8 Å². The third-order valence-electron chi connectivity index (χ3n) is 11.6. The SMILES string of the molecule is CCCCCCCCCCCCCCCCCCCC(=O)OCC(COCCCCCCCCCCCC)OC(=O)CCCCCCCCCCCCCCC. The lowest BCUT2D eigenvalue weighted by atomic mass is 10.0. The minimum absolute atomic E-state index is 0.0974. The largest absolute Gasteiger partial charge is 0.462 e. The molecular formula is C51H100O5. The summed E-state index contributed by atoms with van der Waals surface area (Å²) in [5.74, 6) is -0.372. The number of hydrogen-bond acceptors (Lipinski definition) is 5. The molecule has 334 valence electrons. The molecule has 0 saturated heterocycles. The Morgan fingerprint density at radius 2 is 0.589 bits per heavy atom. The van der Waals surface area contributed by atoms with Gasteiger partial charge in [-0.2, -0.15) is 0 Å². The molecule has 0 radical (unpaired) electrons. The monoisotopic (exact) mass is 793 g/mol. The average Bonchev–Trinajstić information content (AvgIpc) is 3.20. The number of carbonyl (C=O) groups excluding carboxylic acids is 2. The van der Waals surface area contributed by atoms with Gasteiger partial charge in [-0.3, -0.25) is 9.59 Å². The van der Waals surface area contributed by atoms with Gasteiger partial charge in [-0.05, 0) is 19.3 Å². The number of hydrogen-bond donors (Lipinski definition) is 0. The molecule has 0 saturated carbocycles. The van der Waals surface area contributed by atoms with Gasteiger partial charge in [0.1, 0.15) is 6.61 Å². The lowest BCUT2D eigenvalue weighted by Crippen LogP contribution is -2.30. The number of ether oxygens (including phenoxy) is 3. The first-order chi connectivity index (χ1) is 27.6. The van der Waals surface area contributed by atoms with Crippen LogP contribution < -0.4 is 0 Å². The molecule has 1 atom stereocenters. The highest BCUT2D eigenvalue weighted by Gasteiger charge is 2.17. The summed E-state index contributed by atoms with van der Waals surface area (Å²) in [6.45, 7) is 7.89. The van der Waals surface area contributed by atoms with Gasteiger partial charge in [0.05, 0.1) is 6.61 Å². The molecular weight excluding hydrogens is 693 g/mol. The minimum Gasteiger partial charge on any atom is -0.462 e. The van der Waals surface area contributed by atoms with Crippen molar-refractivity contribution in [3.8, 4) is 0 Å². The van der Waals surface area contributed by atoms with Crippen LogP contribution in [0.3, 0.4) is 0 Å². The third-order valence-corrected chi connectivity index (χ3v) is 11.6. The van der Waals surface area contributed by atoms with Crippen LogP contribution in [0.15, 0.2) is 0 Å². The lowest BCUT2D eigenvalue weighted by Gasteiger charge is -2.18. The molecule has 0 aliphatic carbocycles. The standard InChI is InChI=1S/C51H100O5/c1-4-7-10-13-16-19-22-24-25-26-27-29-30-32-35-38-41-44-50(52)55-48-49(47-54-46-43-40-37-34-21-18-15-12-9-6-3)56-51(53)45-42-39-36-33-31-28-23-20-17-14-11-8-5-2/h49H,4-48H2,1-3H3. The van der Waals surface area contributed by atoms with Crippen LogP contribution in [0, 0.1) is 0 Å². The van der Waals surface area contributed by atoms with Crippen molar-refractivity contribution < 1.29 is 23.8 Å². The van der Waals surface area contributed by atoms with Gasteiger partial charge in [0.2, 0.25) is 0 Å². The van der Waals surface area contributed by atoms with Gasteiger partial charge in [-0.1, -0.05) is 258 Å². The molecule has 0 amide bonds. The Kier molecular flexibility index (Phi) is 47.3. The van der Waals surface area contributed by atoms with Crippen molar-refractivity contribution in [1.82, 2.24) is 0 Å². The van der Waals surface area contributed by atoms with Crippen molar-refractivity contribution in [1.29, 1.82) is 0 Å². The Balaban J connectivity index is 4.13. The van der Waals surface area contributed by atoms with E-state index in [1.807, 2.05) is 0 Å². The number of esters is 2. The fourth-order valence-corrected chi connectivity index (χ4v) is 7.81. The van der Waals surface area contributed by atoms with Crippen molar-refractivity contribution in [3.05, 3.63) is 0 Å². The summed E-state index contributed by atoms with van der Waals surface area (Å²) in [4.78, 5) is 25.3. The molecule has 1 unspecified atom stereocenters. The van der Waals surface area contributed by atoms with Gasteiger partial charge in [0.25, 0.3) is 0 Å². The van der Waals surface area contributed by atoms with E-state index in [1.54, 1.807) is 0 Å². The summed E-state index contributed by atoms with van der Waals surface area (Å²) in [5.41, 5.74) is 0. The first-order valence-corrected chi connectivity index (χ1v) is 25.6. The van der Waals surface area contributed by atoms with Crippen LogP contribution in [0.2, 0.25) is 0 Å². The zero-order valence-corrected chi connectivity index (χ0v) is 38.4. The molecule has 0 aliphatic rings. The zero-order valence-electron chi connectivity index (χ0n) is 38.4. The average molecular weight is 793 g/mol. The fourth-order valence-electron chi connectivity index (χ4n) is 7.81. The fraction of sp³-hybridized carbons (Fsp3) is 0.961. The van der Waals surface area contributed by atoms with Gasteiger partial charge >= 0.3 is 11.9 Å². The number of unbranched alkanes of at least 4 members (excludes halogenated alkanes) is 37. The second-order valence-corrected chi connectivity index (χ2v) is 17.5. The Hall–Kier alpha value is -1.10. The molecule has 0 heterocycles. The van der Waals surface area contributed by atoms with Crippen LogP contribution >= 0.6 is 0 Å². The molecule has 0 N–H and O–H groups in total. The molecule has 0 spiro atoms. The summed E-state index contributed by atoms with van der Waals surface area (Å²) < 4.78 is 17.4. The molecule has 0 rings (SSSR count). The summed E-state index contributed by atoms with van der Waals surface area (Å²) in [6.07, 6.45) is 52.5. The summed E-state index contributed by atoms with van der Waals surface area (Å²) in [7, 11) is 0. The summed E-state index contributed by atoms with van der Waals surface area (Å²) in [5, 5.41) is 0. The molecule has 0 bridgehead atoms. The zero-order chi connectivity index (χ0) is 40.7. The van der Waals surface area contributed by atoms with Crippen molar-refractivity contribution in [2.75, 3.05) is 19.8 Å². The van der Waals surface area contributed by atoms with E-state index in [2.05, 4.69) is 20.8 Å². The Bertz CT molecular complexity index is 769. The summed E-state index contributed by atoms with van der Waals surface area (Å²) >= 11 is 0. The van der Waals surface area contributed by atoms with Crippen LogP contribution in [0.4, 0.5) is 0 Å². The van der Waals surface area contributed by atoms with Crippen LogP contribution in [0.5, 0.6) is 0 Å². The van der Waals surface area contributed by atoms with Crippen LogP contribution in [-0.2, 0) is 23.8 Å². The molecule has 56 heavy (non-hydrogen) atoms. The molecule has 0 aromatic heterocycles. The first kappa shape index (κ1) is 54.9. The van der Waals surface area contributed by atoms with E-state index in [0.717, 1.165) is 32.1 Å². The van der Waals surface area contributed by atoms with Gasteiger partial charge in [0.15, 0.2) is 6.10 Å². The van der Waals surface area contributed by atoms with Crippen LogP contribution in [-0.4, -0.2) is 37.9 Å². The smallest absolute Gasteiger partial charge is 0.306 e. The van der Waals surface area contributed by atoms with E-state index in [-0.39, 0.29) is 18.5 Å². The molecule has 5 nitrogen and oxygen atoms in total. The van der Waals surface area contributed by atoms with E-state index in [4.69, 9.17) is 14.2 Å². The predicted molar refractivity (Wildman–Crippen MR) is 243 cm³/mol. The lowest BCUT2D eigenvalue weighted by molar-refractivity contribution is -0.163. The first-order valence-electron chi connectivity index (χ1n) is 25.6. The van der Waals surface area contributed by atoms with Crippen molar-refractivity contribution in [2.24, 2.45) is 0 Å². The van der Waals surface area contributed by atoms with Gasteiger partial charge in [-0.15, -0.1) is 0 Å². The van der Waals surface area contributed by atoms with Crippen molar-refractivity contribution >= 4 is 11.9 Å². The predicted octanol–water partition coefficient (Wildman–Crippen LogP) is 16.9. The van der Waals surface area contributed by atoms with Crippen LogP contribution in [0.25, 0.3) is 0 Å². The molecule has 0 aromatic rings. The maximum absolute atomic E-state index is 12.7. The Labute approximate surface area is 351 Å². The minimum atomic E-state index is -0.521. The number of rotatable bonds is 48. The van der Waals surface area contributed by atoms with Gasteiger partial charge < -0.3 is 14.2 Å². The van der Waals surface area contributed by atoms with E-state index in [9.17, 15) is 9.59 Å². The molecule has 5 heteroatoms.